The zero-order valence-electron chi connectivity index (χ0n) is 9.70. The van der Waals surface area contributed by atoms with Crippen molar-refractivity contribution in [3.8, 4) is 0 Å². The van der Waals surface area contributed by atoms with Gasteiger partial charge in [-0.1, -0.05) is 11.8 Å². The molecule has 1 aromatic rings. The van der Waals surface area contributed by atoms with Crippen molar-refractivity contribution in [3.63, 3.8) is 0 Å². The van der Waals surface area contributed by atoms with Gasteiger partial charge in [-0.05, 0) is 12.8 Å². The van der Waals surface area contributed by atoms with Crippen molar-refractivity contribution in [3.05, 3.63) is 0 Å². The number of carboxylic acids is 1. The molecule has 1 heterocycles. The zero-order valence-corrected chi connectivity index (χ0v) is 10.5. The number of unbranched alkanes of at least 4 members (excludes halogenated alkanes) is 1. The zero-order chi connectivity index (χ0) is 13.5. The molecule has 100 valence electrons. The van der Waals surface area contributed by atoms with Gasteiger partial charge in [0.25, 0.3) is 0 Å². The van der Waals surface area contributed by atoms with Gasteiger partial charge in [0.2, 0.25) is 11.9 Å². The molecule has 0 atom stereocenters. The van der Waals surface area contributed by atoms with Gasteiger partial charge in [0, 0.05) is 13.0 Å². The largest absolute Gasteiger partial charge is 0.481 e. The molecule has 1 amide bonds. The molecule has 0 aromatic carbocycles. The number of rotatable bonds is 8. The number of carbonyl (C=O) groups is 2. The number of aromatic nitrogens is 3. The number of primary amides is 1. The van der Waals surface area contributed by atoms with E-state index in [1.807, 2.05) is 0 Å². The first kappa shape index (κ1) is 14.3. The van der Waals surface area contributed by atoms with Gasteiger partial charge in [-0.25, -0.2) is 0 Å². The number of anilines is 1. The fourth-order valence-corrected chi connectivity index (χ4v) is 2.00. The van der Waals surface area contributed by atoms with Crippen LogP contribution in [0.5, 0.6) is 0 Å². The molecule has 9 heteroatoms. The van der Waals surface area contributed by atoms with Crippen LogP contribution in [0, 0.1) is 0 Å². The highest BCUT2D eigenvalue weighted by Gasteiger charge is 2.11. The van der Waals surface area contributed by atoms with Crippen LogP contribution in [0.15, 0.2) is 5.16 Å². The van der Waals surface area contributed by atoms with Gasteiger partial charge in [0.05, 0.1) is 5.75 Å². The second-order valence-corrected chi connectivity index (χ2v) is 4.54. The Labute approximate surface area is 108 Å². The fraction of sp³-hybridized carbons (Fsp3) is 0.556. The Kier molecular flexibility index (Phi) is 5.43. The maximum absolute atomic E-state index is 10.6. The van der Waals surface area contributed by atoms with Crippen molar-refractivity contribution in [2.75, 3.05) is 11.5 Å². The summed E-state index contributed by atoms with van der Waals surface area (Å²) in [4.78, 5) is 21.0. The summed E-state index contributed by atoms with van der Waals surface area (Å²) >= 11 is 1.06. The fourth-order valence-electron chi connectivity index (χ4n) is 1.31. The average molecular weight is 273 g/mol. The lowest BCUT2D eigenvalue weighted by Gasteiger charge is -2.06. The summed E-state index contributed by atoms with van der Waals surface area (Å²) in [5.41, 5.74) is 10.7. The molecule has 18 heavy (non-hydrogen) atoms. The number of carboxylic acid groups (broad SMARTS) is 1. The molecule has 0 radical (unpaired) electrons. The van der Waals surface area contributed by atoms with Crippen molar-refractivity contribution in [2.45, 2.75) is 31.0 Å². The van der Waals surface area contributed by atoms with E-state index in [4.69, 9.17) is 16.6 Å². The Balaban J connectivity index is 2.50. The highest BCUT2D eigenvalue weighted by molar-refractivity contribution is 7.99. The number of thioether (sulfide) groups is 1. The third-order valence-corrected chi connectivity index (χ3v) is 3.08. The molecule has 0 spiro atoms. The lowest BCUT2D eigenvalue weighted by atomic mass is 10.2. The first-order valence-electron chi connectivity index (χ1n) is 5.32. The quantitative estimate of drug-likeness (QED) is 0.436. The summed E-state index contributed by atoms with van der Waals surface area (Å²) in [6.45, 7) is 0.536. The molecule has 0 saturated heterocycles. The molecule has 0 aliphatic carbocycles. The molecule has 0 unspecified atom stereocenters. The number of carbonyl (C=O) groups excluding carboxylic acids is 1. The lowest BCUT2D eigenvalue weighted by Crippen LogP contribution is -2.11. The van der Waals surface area contributed by atoms with Crippen LogP contribution in [0.1, 0.15) is 19.3 Å². The van der Waals surface area contributed by atoms with Gasteiger partial charge >= 0.3 is 5.97 Å². The molecule has 1 aromatic heterocycles. The maximum atomic E-state index is 10.6. The number of nitrogens with two attached hydrogens (primary N) is 2. The van der Waals surface area contributed by atoms with Crippen LogP contribution in [-0.2, 0) is 16.1 Å². The van der Waals surface area contributed by atoms with E-state index >= 15 is 0 Å². The predicted molar refractivity (Wildman–Crippen MR) is 65.8 cm³/mol. The molecule has 0 saturated carbocycles. The van der Waals surface area contributed by atoms with Crippen LogP contribution in [0.3, 0.4) is 0 Å². The third-order valence-electron chi connectivity index (χ3n) is 2.13. The van der Waals surface area contributed by atoms with E-state index in [2.05, 4.69) is 10.2 Å². The Morgan fingerprint density at radius 1 is 1.33 bits per heavy atom. The maximum Gasteiger partial charge on any atom is 0.313 e. The smallest absolute Gasteiger partial charge is 0.313 e. The Morgan fingerprint density at radius 3 is 2.67 bits per heavy atom. The minimum Gasteiger partial charge on any atom is -0.481 e. The Morgan fingerprint density at radius 2 is 2.06 bits per heavy atom. The minimum absolute atomic E-state index is 0.0978. The molecule has 0 bridgehead atoms. The first-order chi connectivity index (χ1) is 8.50. The SMILES string of the molecule is NC(=O)CCCCn1c(N)nnc1SCC(=O)O. The van der Waals surface area contributed by atoms with Crippen LogP contribution >= 0.6 is 11.8 Å². The van der Waals surface area contributed by atoms with Gasteiger partial charge in [-0.2, -0.15) is 0 Å². The van der Waals surface area contributed by atoms with Gasteiger partial charge < -0.3 is 16.6 Å². The summed E-state index contributed by atoms with van der Waals surface area (Å²) < 4.78 is 1.63. The molecule has 8 nitrogen and oxygen atoms in total. The number of nitrogens with zero attached hydrogens (tertiary/aromatic N) is 3. The van der Waals surface area contributed by atoms with Gasteiger partial charge in [-0.15, -0.1) is 10.2 Å². The highest BCUT2D eigenvalue weighted by atomic mass is 32.2. The molecular weight excluding hydrogens is 258 g/mol. The van der Waals surface area contributed by atoms with Crippen molar-refractivity contribution in [2.24, 2.45) is 5.73 Å². The van der Waals surface area contributed by atoms with Crippen LogP contribution in [0.25, 0.3) is 0 Å². The summed E-state index contributed by atoms with van der Waals surface area (Å²) in [7, 11) is 0. The van der Waals surface area contributed by atoms with E-state index in [-0.39, 0.29) is 17.6 Å². The number of amides is 1. The van der Waals surface area contributed by atoms with Crippen LogP contribution in [0.4, 0.5) is 5.95 Å². The third kappa shape index (κ3) is 4.62. The lowest BCUT2D eigenvalue weighted by molar-refractivity contribution is -0.133. The second kappa shape index (κ2) is 6.84. The summed E-state index contributed by atoms with van der Waals surface area (Å²) in [6, 6.07) is 0. The molecule has 0 fully saturated rings. The van der Waals surface area contributed by atoms with Crippen molar-refractivity contribution < 1.29 is 14.7 Å². The first-order valence-corrected chi connectivity index (χ1v) is 6.31. The van der Waals surface area contributed by atoms with Crippen LogP contribution in [-0.4, -0.2) is 37.5 Å². The van der Waals surface area contributed by atoms with Gasteiger partial charge in [-0.3, -0.25) is 14.2 Å². The van der Waals surface area contributed by atoms with E-state index in [0.29, 0.717) is 31.0 Å². The predicted octanol–water partition coefficient (Wildman–Crippen LogP) is -0.307. The minimum atomic E-state index is -0.929. The molecule has 1 rings (SSSR count). The highest BCUT2D eigenvalue weighted by Crippen LogP contribution is 2.18. The second-order valence-electron chi connectivity index (χ2n) is 3.60. The Hall–Kier alpha value is -1.77. The van der Waals surface area contributed by atoms with E-state index in [1.165, 1.54) is 0 Å². The van der Waals surface area contributed by atoms with E-state index in [0.717, 1.165) is 11.8 Å². The molecule has 5 N–H and O–H groups in total. The number of hydrogen-bond acceptors (Lipinski definition) is 6. The normalized spacial score (nSPS) is 10.4. The van der Waals surface area contributed by atoms with E-state index in [1.54, 1.807) is 4.57 Å². The summed E-state index contributed by atoms with van der Waals surface area (Å²) in [6.07, 6.45) is 1.67. The van der Waals surface area contributed by atoms with Crippen molar-refractivity contribution in [1.82, 2.24) is 14.8 Å². The number of nitrogen functional groups attached to an aromatic ring is 1. The molecule has 0 aliphatic rings. The standard InChI is InChI=1S/C9H15N5O3S/c10-6(15)3-1-2-4-14-8(11)12-13-9(14)18-5-7(16)17/h1-5H2,(H2,10,15)(H2,11,12)(H,16,17). The average Bonchev–Trinajstić information content (AvgIpc) is 2.63. The van der Waals surface area contributed by atoms with E-state index < -0.39 is 5.97 Å². The summed E-state index contributed by atoms with van der Waals surface area (Å²) in [5.74, 6) is -1.13. The monoisotopic (exact) mass is 273 g/mol. The number of hydrogen-bond donors (Lipinski definition) is 3. The number of aliphatic carboxylic acids is 1. The van der Waals surface area contributed by atoms with Crippen LogP contribution < -0.4 is 11.5 Å². The van der Waals surface area contributed by atoms with E-state index in [9.17, 15) is 9.59 Å². The molecular formula is C9H15N5O3S. The Bertz CT molecular complexity index is 434. The van der Waals surface area contributed by atoms with Gasteiger partial charge in [0.15, 0.2) is 5.16 Å². The van der Waals surface area contributed by atoms with Crippen molar-refractivity contribution in [1.29, 1.82) is 0 Å². The topological polar surface area (TPSA) is 137 Å². The van der Waals surface area contributed by atoms with Gasteiger partial charge in [0.1, 0.15) is 0 Å². The van der Waals surface area contributed by atoms with Crippen LogP contribution in [0.2, 0.25) is 0 Å². The summed E-state index contributed by atoms with van der Waals surface area (Å²) in [5, 5.41) is 16.5. The van der Waals surface area contributed by atoms with Crippen molar-refractivity contribution >= 4 is 29.6 Å². The molecule has 0 aliphatic heterocycles.